The molecule has 3 aromatic carbocycles. The van der Waals surface area contributed by atoms with Gasteiger partial charge in [-0.1, -0.05) is 30.3 Å². The summed E-state index contributed by atoms with van der Waals surface area (Å²) in [5.74, 6) is -0.639. The van der Waals surface area contributed by atoms with Gasteiger partial charge in [0.05, 0.1) is 17.7 Å². The molecular weight excluding hydrogens is 454 g/mol. The Morgan fingerprint density at radius 1 is 0.778 bits per heavy atom. The summed E-state index contributed by atoms with van der Waals surface area (Å²) in [4.78, 5) is 48.5. The molecule has 0 unspecified atom stereocenters. The molecule has 2 N–H and O–H groups in total. The summed E-state index contributed by atoms with van der Waals surface area (Å²) in [5.41, 5.74) is 4.78. The van der Waals surface area contributed by atoms with Crippen LogP contribution in [0.15, 0.2) is 78.9 Å². The number of hydrogen-bond acceptors (Lipinski definition) is 6. The number of aryl methyl sites for hydroxylation is 2. The number of carbonyl (C=O) groups excluding carboxylic acids is 3. The average molecular weight is 478 g/mol. The molecule has 1 aliphatic heterocycles. The van der Waals surface area contributed by atoms with Crippen LogP contribution in [0.3, 0.4) is 0 Å². The van der Waals surface area contributed by atoms with Crippen LogP contribution >= 0.6 is 0 Å². The lowest BCUT2D eigenvalue weighted by molar-refractivity contribution is 0.0642. The number of amides is 3. The van der Waals surface area contributed by atoms with Crippen LogP contribution in [0.5, 0.6) is 0 Å². The fraction of sp³-hybridized carbons (Fsp3) is 0.107. The van der Waals surface area contributed by atoms with Crippen molar-refractivity contribution in [3.63, 3.8) is 0 Å². The lowest BCUT2D eigenvalue weighted by Crippen LogP contribution is -2.29. The quantitative estimate of drug-likeness (QED) is 0.384. The Morgan fingerprint density at radius 3 is 2.11 bits per heavy atom. The molecule has 8 nitrogen and oxygen atoms in total. The Balaban J connectivity index is 1.27. The molecule has 0 radical (unpaired) electrons. The van der Waals surface area contributed by atoms with Gasteiger partial charge in [0.25, 0.3) is 17.7 Å². The highest BCUT2D eigenvalue weighted by Gasteiger charge is 2.36. The number of fused-ring (bicyclic) bond motifs is 1. The number of nitrogens with one attached hydrogen (secondary N) is 2. The Kier molecular flexibility index (Phi) is 6.00. The van der Waals surface area contributed by atoms with E-state index in [0.717, 1.165) is 22.6 Å². The van der Waals surface area contributed by atoms with Gasteiger partial charge in [-0.2, -0.15) is 0 Å². The number of aromatic nitrogens is 2. The fourth-order valence-electron chi connectivity index (χ4n) is 4.09. The maximum atomic E-state index is 12.9. The lowest BCUT2D eigenvalue weighted by Gasteiger charge is -2.13. The van der Waals surface area contributed by atoms with Gasteiger partial charge in [0.15, 0.2) is 0 Å². The molecular formula is C28H23N5O3. The van der Waals surface area contributed by atoms with Gasteiger partial charge in [-0.3, -0.25) is 19.3 Å². The van der Waals surface area contributed by atoms with E-state index in [2.05, 4.69) is 20.6 Å². The molecule has 0 atom stereocenters. The normalized spacial score (nSPS) is 12.4. The SMILES string of the molecule is Cc1cc(C)nc(Nc2ccc(NC(=O)c3ccc4c(c3)C(=O)N(Cc3ccccc3)C4=O)cc2)n1. The predicted molar refractivity (Wildman–Crippen MR) is 136 cm³/mol. The van der Waals surface area contributed by atoms with Crippen LogP contribution in [0, 0.1) is 13.8 Å². The van der Waals surface area contributed by atoms with E-state index in [-0.39, 0.29) is 23.9 Å². The first-order valence-corrected chi connectivity index (χ1v) is 11.4. The number of imide groups is 1. The molecule has 0 bridgehead atoms. The molecule has 0 saturated heterocycles. The van der Waals surface area contributed by atoms with E-state index >= 15 is 0 Å². The average Bonchev–Trinajstić information content (AvgIpc) is 3.09. The summed E-state index contributed by atoms with van der Waals surface area (Å²) < 4.78 is 0. The first kappa shape index (κ1) is 22.9. The molecule has 36 heavy (non-hydrogen) atoms. The number of nitrogens with zero attached hydrogens (tertiary/aromatic N) is 3. The van der Waals surface area contributed by atoms with E-state index in [0.29, 0.717) is 22.8 Å². The Bertz CT molecular complexity index is 1460. The van der Waals surface area contributed by atoms with Crippen molar-refractivity contribution in [2.45, 2.75) is 20.4 Å². The fourth-order valence-corrected chi connectivity index (χ4v) is 4.09. The Hall–Kier alpha value is -4.85. The largest absolute Gasteiger partial charge is 0.324 e. The Labute approximate surface area is 208 Å². The molecule has 1 aliphatic rings. The highest BCUT2D eigenvalue weighted by molar-refractivity contribution is 6.22. The zero-order valence-electron chi connectivity index (χ0n) is 19.8. The summed E-state index contributed by atoms with van der Waals surface area (Å²) in [6, 6.07) is 22.9. The minimum absolute atomic E-state index is 0.183. The summed E-state index contributed by atoms with van der Waals surface area (Å²) in [6.45, 7) is 3.99. The maximum Gasteiger partial charge on any atom is 0.261 e. The molecule has 8 heteroatoms. The van der Waals surface area contributed by atoms with Crippen LogP contribution in [0.25, 0.3) is 0 Å². The second-order valence-electron chi connectivity index (χ2n) is 8.57. The lowest BCUT2D eigenvalue weighted by atomic mass is 10.1. The van der Waals surface area contributed by atoms with Crippen LogP contribution in [0.1, 0.15) is 48.0 Å². The van der Waals surface area contributed by atoms with Gasteiger partial charge < -0.3 is 10.6 Å². The summed E-state index contributed by atoms with van der Waals surface area (Å²) in [7, 11) is 0. The maximum absolute atomic E-state index is 12.9. The van der Waals surface area contributed by atoms with Crippen LogP contribution in [0.4, 0.5) is 17.3 Å². The van der Waals surface area contributed by atoms with Crippen molar-refractivity contribution in [1.29, 1.82) is 0 Å². The third kappa shape index (κ3) is 4.69. The molecule has 0 aliphatic carbocycles. The predicted octanol–water partition coefficient (Wildman–Crippen LogP) is 4.89. The number of anilines is 3. The minimum atomic E-state index is -0.405. The zero-order chi connectivity index (χ0) is 25.2. The van der Waals surface area contributed by atoms with Crippen LogP contribution in [0.2, 0.25) is 0 Å². The molecule has 4 aromatic rings. The van der Waals surface area contributed by atoms with Gasteiger partial charge >= 0.3 is 0 Å². The minimum Gasteiger partial charge on any atom is -0.324 e. The molecule has 1 aromatic heterocycles. The zero-order valence-corrected chi connectivity index (χ0v) is 19.8. The van der Waals surface area contributed by atoms with E-state index in [1.165, 1.54) is 17.0 Å². The van der Waals surface area contributed by atoms with E-state index in [1.54, 1.807) is 18.2 Å². The van der Waals surface area contributed by atoms with Gasteiger partial charge in [0, 0.05) is 28.3 Å². The van der Waals surface area contributed by atoms with Gasteiger partial charge in [-0.05, 0) is 67.9 Å². The first-order valence-electron chi connectivity index (χ1n) is 11.4. The summed E-state index contributed by atoms with van der Waals surface area (Å²) >= 11 is 0. The van der Waals surface area contributed by atoms with Crippen molar-refractivity contribution in [3.05, 3.63) is 113 Å². The number of carbonyl (C=O) groups is 3. The van der Waals surface area contributed by atoms with E-state index < -0.39 is 5.91 Å². The third-order valence-electron chi connectivity index (χ3n) is 5.80. The van der Waals surface area contributed by atoms with Crippen LogP contribution in [-0.4, -0.2) is 32.6 Å². The number of rotatable bonds is 6. The van der Waals surface area contributed by atoms with Gasteiger partial charge in [0.1, 0.15) is 0 Å². The third-order valence-corrected chi connectivity index (χ3v) is 5.80. The van der Waals surface area contributed by atoms with Crippen molar-refractivity contribution in [1.82, 2.24) is 14.9 Å². The van der Waals surface area contributed by atoms with Crippen molar-refractivity contribution in [2.24, 2.45) is 0 Å². The molecule has 0 spiro atoms. The topological polar surface area (TPSA) is 104 Å². The standard InChI is InChI=1S/C28H23N5O3/c1-17-14-18(2)30-28(29-17)32-22-11-9-21(10-12-22)31-25(34)20-8-13-23-24(15-20)27(36)33(26(23)35)16-19-6-4-3-5-7-19/h3-15H,16H2,1-2H3,(H,31,34)(H,29,30,32). The molecule has 0 fully saturated rings. The smallest absolute Gasteiger partial charge is 0.261 e. The van der Waals surface area contributed by atoms with Crippen molar-refractivity contribution < 1.29 is 14.4 Å². The summed E-state index contributed by atoms with van der Waals surface area (Å²) in [5, 5.41) is 5.98. The second-order valence-corrected chi connectivity index (χ2v) is 8.57. The molecule has 2 heterocycles. The molecule has 0 saturated carbocycles. The second kappa shape index (κ2) is 9.42. The molecule has 3 amide bonds. The van der Waals surface area contributed by atoms with E-state index in [9.17, 15) is 14.4 Å². The van der Waals surface area contributed by atoms with Gasteiger partial charge in [-0.15, -0.1) is 0 Å². The van der Waals surface area contributed by atoms with Crippen molar-refractivity contribution in [2.75, 3.05) is 10.6 Å². The van der Waals surface area contributed by atoms with Gasteiger partial charge in [-0.25, -0.2) is 9.97 Å². The first-order chi connectivity index (χ1) is 17.4. The van der Waals surface area contributed by atoms with Crippen molar-refractivity contribution >= 4 is 35.0 Å². The Morgan fingerprint density at radius 2 is 1.42 bits per heavy atom. The van der Waals surface area contributed by atoms with Crippen LogP contribution in [-0.2, 0) is 6.54 Å². The molecule has 5 rings (SSSR count). The summed E-state index contributed by atoms with van der Waals surface area (Å²) in [6.07, 6.45) is 0. The van der Waals surface area contributed by atoms with Crippen LogP contribution < -0.4 is 10.6 Å². The van der Waals surface area contributed by atoms with E-state index in [4.69, 9.17) is 0 Å². The monoisotopic (exact) mass is 477 g/mol. The highest BCUT2D eigenvalue weighted by atomic mass is 16.2. The molecule has 178 valence electrons. The van der Waals surface area contributed by atoms with Crippen molar-refractivity contribution in [3.8, 4) is 0 Å². The highest BCUT2D eigenvalue weighted by Crippen LogP contribution is 2.26. The number of benzene rings is 3. The van der Waals surface area contributed by atoms with Gasteiger partial charge in [0.2, 0.25) is 5.95 Å². The number of hydrogen-bond donors (Lipinski definition) is 2. The van der Waals surface area contributed by atoms with E-state index in [1.807, 2.05) is 62.4 Å².